The number of benzene rings is 1. The molecule has 0 N–H and O–H groups in total. The second kappa shape index (κ2) is 5.61. The molecule has 18 heavy (non-hydrogen) atoms. The molecule has 2 bridgehead atoms. The van der Waals surface area contributed by atoms with Crippen molar-refractivity contribution >= 4 is 11.8 Å². The molecule has 1 aromatic carbocycles. The van der Waals surface area contributed by atoms with Gasteiger partial charge in [-0.1, -0.05) is 30.3 Å². The molecule has 0 aromatic heterocycles. The lowest BCUT2D eigenvalue weighted by Crippen LogP contribution is -2.43. The maximum Gasteiger partial charge on any atom is 0.130 e. The molecule has 0 spiro atoms. The number of hydrogen-bond acceptors (Lipinski definition) is 4. The number of hydrogen-bond donors (Lipinski definition) is 0. The predicted molar refractivity (Wildman–Crippen MR) is 71.6 cm³/mol. The van der Waals surface area contributed by atoms with E-state index >= 15 is 0 Å². The number of rotatable bonds is 4. The lowest BCUT2D eigenvalue weighted by Gasteiger charge is -2.33. The second-order valence-electron chi connectivity index (χ2n) is 4.72. The van der Waals surface area contributed by atoms with Crippen molar-refractivity contribution in [3.8, 4) is 0 Å². The number of thioether (sulfide) groups is 1. The summed E-state index contributed by atoms with van der Waals surface area (Å²) in [5, 5.41) is 0. The van der Waals surface area contributed by atoms with Gasteiger partial charge in [-0.3, -0.25) is 0 Å². The van der Waals surface area contributed by atoms with E-state index < -0.39 is 0 Å². The summed E-state index contributed by atoms with van der Waals surface area (Å²) in [7, 11) is 1.76. The summed E-state index contributed by atoms with van der Waals surface area (Å²) in [6.45, 7) is 0.646. The number of fused-ring (bicyclic) bond motifs is 2. The zero-order valence-electron chi connectivity index (χ0n) is 10.5. The van der Waals surface area contributed by atoms with Gasteiger partial charge in [0.15, 0.2) is 0 Å². The first-order chi connectivity index (χ1) is 8.86. The van der Waals surface area contributed by atoms with Gasteiger partial charge in [0.05, 0.1) is 24.9 Å². The Labute approximate surface area is 112 Å². The quantitative estimate of drug-likeness (QED) is 0.836. The van der Waals surface area contributed by atoms with Crippen LogP contribution in [-0.4, -0.2) is 36.6 Å². The minimum atomic E-state index is 0.138. The summed E-state index contributed by atoms with van der Waals surface area (Å²) in [6.07, 6.45) is 1.50. The first kappa shape index (κ1) is 12.5. The van der Waals surface area contributed by atoms with E-state index in [0.29, 0.717) is 6.61 Å². The van der Waals surface area contributed by atoms with Crippen molar-refractivity contribution in [3.05, 3.63) is 35.9 Å². The fourth-order valence-electron chi connectivity index (χ4n) is 2.49. The second-order valence-corrected chi connectivity index (χ2v) is 5.85. The zero-order chi connectivity index (χ0) is 12.4. The van der Waals surface area contributed by atoms with Crippen LogP contribution in [0.25, 0.3) is 0 Å². The van der Waals surface area contributed by atoms with E-state index in [1.807, 2.05) is 30.0 Å². The number of methoxy groups -OCH3 is 1. The highest BCUT2D eigenvalue weighted by molar-refractivity contribution is 8.00. The molecule has 0 radical (unpaired) electrons. The van der Waals surface area contributed by atoms with Crippen molar-refractivity contribution < 1.29 is 14.2 Å². The summed E-state index contributed by atoms with van der Waals surface area (Å²) < 4.78 is 17.4. The Hall–Kier alpha value is -0.550. The van der Waals surface area contributed by atoms with E-state index in [2.05, 4.69) is 12.1 Å². The van der Waals surface area contributed by atoms with Crippen molar-refractivity contribution in [2.75, 3.05) is 12.9 Å². The standard InChI is InChI=1S/C14H18O3S/c1-15-11-7-12(14-17-13(11)9-18-14)16-8-10-5-3-2-4-6-10/h2-6,11-14H,7-9H2,1H3/t11-,12+,13-,14+/m1/s1. The summed E-state index contributed by atoms with van der Waals surface area (Å²) in [4.78, 5) is 0. The van der Waals surface area contributed by atoms with Crippen molar-refractivity contribution in [2.45, 2.75) is 36.8 Å². The largest absolute Gasteiger partial charge is 0.379 e. The molecular weight excluding hydrogens is 248 g/mol. The summed E-state index contributed by atoms with van der Waals surface area (Å²) >= 11 is 1.85. The smallest absolute Gasteiger partial charge is 0.130 e. The monoisotopic (exact) mass is 266 g/mol. The average Bonchev–Trinajstić information content (AvgIpc) is 2.84. The van der Waals surface area contributed by atoms with Crippen LogP contribution in [-0.2, 0) is 20.8 Å². The van der Waals surface area contributed by atoms with Gasteiger partial charge in [-0.25, -0.2) is 0 Å². The molecule has 0 unspecified atom stereocenters. The summed E-state index contributed by atoms with van der Waals surface area (Å²) in [5.41, 5.74) is 1.39. The van der Waals surface area contributed by atoms with E-state index in [9.17, 15) is 0 Å². The maximum absolute atomic E-state index is 6.01. The fraction of sp³-hybridized carbons (Fsp3) is 0.571. The highest BCUT2D eigenvalue weighted by atomic mass is 32.2. The molecule has 3 rings (SSSR count). The molecule has 2 saturated heterocycles. The van der Waals surface area contributed by atoms with Crippen LogP contribution < -0.4 is 0 Å². The molecule has 2 aliphatic rings. The first-order valence-electron chi connectivity index (χ1n) is 6.32. The molecule has 4 atom stereocenters. The van der Waals surface area contributed by atoms with Gasteiger partial charge in [0.1, 0.15) is 5.44 Å². The van der Waals surface area contributed by atoms with Crippen molar-refractivity contribution in [3.63, 3.8) is 0 Å². The summed E-state index contributed by atoms with van der Waals surface area (Å²) in [5.74, 6) is 1.02. The highest BCUT2D eigenvalue weighted by Crippen LogP contribution is 2.39. The van der Waals surface area contributed by atoms with Crippen LogP contribution in [0.4, 0.5) is 0 Å². The molecule has 98 valence electrons. The molecule has 1 aromatic rings. The normalized spacial score (nSPS) is 34.7. The van der Waals surface area contributed by atoms with Gasteiger partial charge in [-0.2, -0.15) is 0 Å². The lowest BCUT2D eigenvalue weighted by molar-refractivity contribution is -0.149. The van der Waals surface area contributed by atoms with Crippen LogP contribution in [0.2, 0.25) is 0 Å². The Morgan fingerprint density at radius 3 is 2.89 bits per heavy atom. The Balaban J connectivity index is 1.59. The molecule has 2 fully saturated rings. The minimum Gasteiger partial charge on any atom is -0.379 e. The van der Waals surface area contributed by atoms with Gasteiger partial charge in [0.25, 0.3) is 0 Å². The van der Waals surface area contributed by atoms with E-state index in [0.717, 1.165) is 12.2 Å². The average molecular weight is 266 g/mol. The van der Waals surface area contributed by atoms with E-state index in [-0.39, 0.29) is 23.7 Å². The van der Waals surface area contributed by atoms with Gasteiger partial charge in [0, 0.05) is 19.3 Å². The molecule has 0 aliphatic carbocycles. The molecule has 3 nitrogen and oxygen atoms in total. The molecule has 0 saturated carbocycles. The third-order valence-corrected chi connectivity index (χ3v) is 4.79. The van der Waals surface area contributed by atoms with Crippen LogP contribution in [0.5, 0.6) is 0 Å². The zero-order valence-corrected chi connectivity index (χ0v) is 11.3. The Morgan fingerprint density at radius 2 is 2.11 bits per heavy atom. The molecule has 0 amide bonds. The molecular formula is C14H18O3S. The van der Waals surface area contributed by atoms with Crippen molar-refractivity contribution in [2.24, 2.45) is 0 Å². The van der Waals surface area contributed by atoms with Crippen LogP contribution in [0.1, 0.15) is 12.0 Å². The van der Waals surface area contributed by atoms with Gasteiger partial charge in [-0.15, -0.1) is 11.8 Å². The molecule has 4 heteroatoms. The van der Waals surface area contributed by atoms with Crippen LogP contribution >= 0.6 is 11.8 Å². The van der Waals surface area contributed by atoms with Crippen LogP contribution in [0, 0.1) is 0 Å². The van der Waals surface area contributed by atoms with Crippen LogP contribution in [0.3, 0.4) is 0 Å². The Kier molecular flexibility index (Phi) is 3.89. The van der Waals surface area contributed by atoms with Crippen molar-refractivity contribution in [1.82, 2.24) is 0 Å². The third kappa shape index (κ3) is 2.57. The topological polar surface area (TPSA) is 27.7 Å². The van der Waals surface area contributed by atoms with Gasteiger partial charge in [0.2, 0.25) is 0 Å². The number of ether oxygens (including phenoxy) is 3. The minimum absolute atomic E-state index is 0.138. The van der Waals surface area contributed by atoms with Gasteiger partial charge < -0.3 is 14.2 Å². The highest BCUT2D eigenvalue weighted by Gasteiger charge is 2.44. The molecule has 2 heterocycles. The third-order valence-electron chi connectivity index (χ3n) is 3.53. The van der Waals surface area contributed by atoms with E-state index in [4.69, 9.17) is 14.2 Å². The maximum atomic E-state index is 6.01. The fourth-order valence-corrected chi connectivity index (χ4v) is 3.79. The Morgan fingerprint density at radius 1 is 1.28 bits per heavy atom. The Bertz CT molecular complexity index is 384. The lowest BCUT2D eigenvalue weighted by atomic mass is 10.0. The SMILES string of the molecule is CO[C@@H]1C[C@H](OCc2ccccc2)[C@H]2O[C@@H]1CS2. The van der Waals surface area contributed by atoms with E-state index in [1.54, 1.807) is 7.11 Å². The first-order valence-corrected chi connectivity index (χ1v) is 7.37. The van der Waals surface area contributed by atoms with Crippen LogP contribution in [0.15, 0.2) is 30.3 Å². The van der Waals surface area contributed by atoms with Gasteiger partial charge in [-0.05, 0) is 5.56 Å². The summed E-state index contributed by atoms with van der Waals surface area (Å²) in [6, 6.07) is 10.3. The molecule has 2 aliphatic heterocycles. The predicted octanol–water partition coefficient (Wildman–Crippen LogP) is 2.45. The van der Waals surface area contributed by atoms with E-state index in [1.165, 1.54) is 5.56 Å². The van der Waals surface area contributed by atoms with Crippen molar-refractivity contribution in [1.29, 1.82) is 0 Å². The van der Waals surface area contributed by atoms with Gasteiger partial charge >= 0.3 is 0 Å².